The van der Waals surface area contributed by atoms with Crippen molar-refractivity contribution in [3.05, 3.63) is 0 Å². The van der Waals surface area contributed by atoms with Gasteiger partial charge in [0.05, 0.1) is 12.2 Å². The summed E-state index contributed by atoms with van der Waals surface area (Å²) in [6, 6.07) is 0. The van der Waals surface area contributed by atoms with Crippen LogP contribution in [0.25, 0.3) is 0 Å². The highest BCUT2D eigenvalue weighted by molar-refractivity contribution is 4.91. The van der Waals surface area contributed by atoms with Gasteiger partial charge in [0.1, 0.15) is 0 Å². The van der Waals surface area contributed by atoms with Crippen LogP contribution in [0.4, 0.5) is 0 Å². The lowest BCUT2D eigenvalue weighted by atomic mass is 9.68. The van der Waals surface area contributed by atoms with E-state index in [4.69, 9.17) is 10.5 Å². The van der Waals surface area contributed by atoms with E-state index in [9.17, 15) is 0 Å². The molecule has 2 rings (SSSR count). The van der Waals surface area contributed by atoms with Crippen LogP contribution >= 0.6 is 0 Å². The molecule has 0 aromatic carbocycles. The van der Waals surface area contributed by atoms with Gasteiger partial charge in [-0.25, -0.2) is 0 Å². The molecule has 2 saturated carbocycles. The van der Waals surface area contributed by atoms with Crippen LogP contribution in [0.2, 0.25) is 0 Å². The monoisotopic (exact) mass is 267 g/mol. The van der Waals surface area contributed by atoms with Crippen molar-refractivity contribution in [3.8, 4) is 0 Å². The zero-order valence-corrected chi connectivity index (χ0v) is 13.2. The Balaban J connectivity index is 1.83. The second kappa shape index (κ2) is 6.13. The SMILES string of the molecule is CC(C)(C)C1CCC(CN)(OCC2CCCC2)CC1. The van der Waals surface area contributed by atoms with Crippen molar-refractivity contribution in [2.45, 2.75) is 77.7 Å². The third kappa shape index (κ3) is 3.95. The minimum absolute atomic E-state index is 0.00431. The van der Waals surface area contributed by atoms with Crippen LogP contribution in [0.1, 0.15) is 72.1 Å². The Morgan fingerprint density at radius 2 is 1.63 bits per heavy atom. The summed E-state index contributed by atoms with van der Waals surface area (Å²) in [7, 11) is 0. The molecule has 0 spiro atoms. The average molecular weight is 267 g/mol. The van der Waals surface area contributed by atoms with Gasteiger partial charge < -0.3 is 10.5 Å². The first kappa shape index (κ1) is 15.3. The van der Waals surface area contributed by atoms with Crippen molar-refractivity contribution in [2.24, 2.45) is 23.0 Å². The van der Waals surface area contributed by atoms with E-state index in [2.05, 4.69) is 20.8 Å². The average Bonchev–Trinajstić information content (AvgIpc) is 2.89. The first-order chi connectivity index (χ1) is 8.95. The smallest absolute Gasteiger partial charge is 0.0804 e. The normalized spacial score (nSPS) is 33.8. The topological polar surface area (TPSA) is 35.2 Å². The minimum atomic E-state index is 0.00431. The van der Waals surface area contributed by atoms with Gasteiger partial charge in [-0.1, -0.05) is 33.6 Å². The third-order valence-corrected chi connectivity index (χ3v) is 5.59. The maximum atomic E-state index is 6.34. The molecule has 0 saturated heterocycles. The first-order valence-corrected chi connectivity index (χ1v) is 8.29. The van der Waals surface area contributed by atoms with Gasteiger partial charge in [-0.3, -0.25) is 0 Å². The summed E-state index contributed by atoms with van der Waals surface area (Å²) < 4.78 is 6.34. The highest BCUT2D eigenvalue weighted by Gasteiger charge is 2.39. The molecule has 0 aromatic heterocycles. The molecule has 2 heteroatoms. The quantitative estimate of drug-likeness (QED) is 0.831. The van der Waals surface area contributed by atoms with Crippen LogP contribution in [0.3, 0.4) is 0 Å². The van der Waals surface area contributed by atoms with Gasteiger partial charge in [0.15, 0.2) is 0 Å². The molecule has 0 radical (unpaired) electrons. The van der Waals surface area contributed by atoms with Gasteiger partial charge >= 0.3 is 0 Å². The van der Waals surface area contributed by atoms with E-state index in [0.717, 1.165) is 31.3 Å². The Hall–Kier alpha value is -0.0800. The Morgan fingerprint density at radius 3 is 2.11 bits per heavy atom. The Bertz CT molecular complexity index is 267. The molecule has 0 heterocycles. The van der Waals surface area contributed by atoms with Crippen molar-refractivity contribution < 1.29 is 4.74 Å². The number of ether oxygens (including phenoxy) is 1. The van der Waals surface area contributed by atoms with E-state index in [-0.39, 0.29) is 5.60 Å². The summed E-state index contributed by atoms with van der Waals surface area (Å²) in [6.07, 6.45) is 10.4. The molecule has 0 aromatic rings. The number of hydrogen-bond acceptors (Lipinski definition) is 2. The fourth-order valence-electron chi connectivity index (χ4n) is 3.89. The van der Waals surface area contributed by atoms with E-state index in [1.165, 1.54) is 38.5 Å². The largest absolute Gasteiger partial charge is 0.373 e. The molecule has 112 valence electrons. The lowest BCUT2D eigenvalue weighted by molar-refractivity contribution is -0.0907. The van der Waals surface area contributed by atoms with Crippen LogP contribution in [0, 0.1) is 17.3 Å². The number of rotatable bonds is 4. The van der Waals surface area contributed by atoms with Crippen LogP contribution in [0.15, 0.2) is 0 Å². The second-order valence-electron chi connectivity index (χ2n) is 7.99. The zero-order valence-electron chi connectivity index (χ0n) is 13.2. The van der Waals surface area contributed by atoms with Crippen LogP contribution in [0.5, 0.6) is 0 Å². The summed E-state index contributed by atoms with van der Waals surface area (Å²) in [6.45, 7) is 8.76. The molecule has 2 aliphatic carbocycles. The van der Waals surface area contributed by atoms with E-state index >= 15 is 0 Å². The molecule has 19 heavy (non-hydrogen) atoms. The van der Waals surface area contributed by atoms with Gasteiger partial charge in [-0.2, -0.15) is 0 Å². The Labute approximate surface area is 119 Å². The zero-order chi connectivity index (χ0) is 13.9. The molecular weight excluding hydrogens is 234 g/mol. The summed E-state index contributed by atoms with van der Waals surface area (Å²) in [5.41, 5.74) is 6.49. The lowest BCUT2D eigenvalue weighted by Crippen LogP contribution is -2.46. The van der Waals surface area contributed by atoms with Crippen LogP contribution < -0.4 is 5.73 Å². The maximum Gasteiger partial charge on any atom is 0.0804 e. The molecule has 0 atom stereocenters. The predicted molar refractivity (Wildman–Crippen MR) is 81.1 cm³/mol. The Kier molecular flexibility index (Phi) is 4.94. The van der Waals surface area contributed by atoms with Gasteiger partial charge in [0, 0.05) is 6.54 Å². The van der Waals surface area contributed by atoms with Crippen LogP contribution in [-0.2, 0) is 4.74 Å². The summed E-state index contributed by atoms with van der Waals surface area (Å²) in [5.74, 6) is 1.64. The fraction of sp³-hybridized carbons (Fsp3) is 1.00. The van der Waals surface area contributed by atoms with Gasteiger partial charge in [0.25, 0.3) is 0 Å². The van der Waals surface area contributed by atoms with Crippen molar-refractivity contribution in [2.75, 3.05) is 13.2 Å². The molecule has 0 unspecified atom stereocenters. The van der Waals surface area contributed by atoms with Crippen molar-refractivity contribution in [1.29, 1.82) is 0 Å². The van der Waals surface area contributed by atoms with Gasteiger partial charge in [-0.05, 0) is 55.8 Å². The third-order valence-electron chi connectivity index (χ3n) is 5.59. The second-order valence-corrected chi connectivity index (χ2v) is 7.99. The fourth-order valence-corrected chi connectivity index (χ4v) is 3.89. The molecule has 0 amide bonds. The molecule has 0 bridgehead atoms. The molecule has 2 N–H and O–H groups in total. The lowest BCUT2D eigenvalue weighted by Gasteiger charge is -2.43. The Morgan fingerprint density at radius 1 is 1.05 bits per heavy atom. The molecule has 2 fully saturated rings. The van der Waals surface area contributed by atoms with Crippen molar-refractivity contribution in [3.63, 3.8) is 0 Å². The van der Waals surface area contributed by atoms with E-state index < -0.39 is 0 Å². The highest BCUT2D eigenvalue weighted by Crippen LogP contribution is 2.43. The van der Waals surface area contributed by atoms with Gasteiger partial charge in [-0.15, -0.1) is 0 Å². The summed E-state index contributed by atoms with van der Waals surface area (Å²) >= 11 is 0. The van der Waals surface area contributed by atoms with Crippen molar-refractivity contribution >= 4 is 0 Å². The van der Waals surface area contributed by atoms with Crippen molar-refractivity contribution in [1.82, 2.24) is 0 Å². The van der Waals surface area contributed by atoms with Crippen LogP contribution in [-0.4, -0.2) is 18.8 Å². The van der Waals surface area contributed by atoms with Gasteiger partial charge in [0.2, 0.25) is 0 Å². The maximum absolute atomic E-state index is 6.34. The minimum Gasteiger partial charge on any atom is -0.373 e. The molecule has 0 aliphatic heterocycles. The number of hydrogen-bond donors (Lipinski definition) is 1. The molecular formula is C17H33NO. The predicted octanol–water partition coefficient (Wildman–Crippen LogP) is 4.13. The summed E-state index contributed by atoms with van der Waals surface area (Å²) in [4.78, 5) is 0. The first-order valence-electron chi connectivity index (χ1n) is 8.29. The van der Waals surface area contributed by atoms with E-state index in [1.54, 1.807) is 0 Å². The van der Waals surface area contributed by atoms with E-state index in [0.29, 0.717) is 12.0 Å². The standard InChI is InChI=1S/C17H33NO/c1-16(2,3)15-8-10-17(13-18,11-9-15)19-12-14-6-4-5-7-14/h14-15H,4-13,18H2,1-3H3. The number of nitrogens with two attached hydrogens (primary N) is 1. The highest BCUT2D eigenvalue weighted by atomic mass is 16.5. The summed E-state index contributed by atoms with van der Waals surface area (Å²) in [5, 5.41) is 0. The molecule has 2 aliphatic rings. The van der Waals surface area contributed by atoms with E-state index in [1.807, 2.05) is 0 Å². The molecule has 2 nitrogen and oxygen atoms in total.